The molecule has 1 unspecified atom stereocenters. The zero-order valence-electron chi connectivity index (χ0n) is 9.13. The molecule has 0 spiro atoms. The van der Waals surface area contributed by atoms with Crippen molar-refractivity contribution in [1.29, 1.82) is 0 Å². The van der Waals surface area contributed by atoms with Crippen molar-refractivity contribution < 1.29 is 9.53 Å². The van der Waals surface area contributed by atoms with Crippen LogP contribution in [0.15, 0.2) is 0 Å². The molecule has 15 heavy (non-hydrogen) atoms. The van der Waals surface area contributed by atoms with Gasteiger partial charge in [-0.1, -0.05) is 0 Å². The van der Waals surface area contributed by atoms with Crippen LogP contribution >= 0.6 is 0 Å². The first-order valence-corrected chi connectivity index (χ1v) is 5.98. The molecule has 2 fully saturated rings. The maximum Gasteiger partial charge on any atom is 0.407 e. The van der Waals surface area contributed by atoms with Crippen LogP contribution in [0.3, 0.4) is 0 Å². The molecule has 0 bridgehead atoms. The van der Waals surface area contributed by atoms with Crippen molar-refractivity contribution in [2.45, 2.75) is 38.1 Å². The minimum Gasteiger partial charge on any atom is -0.449 e. The van der Waals surface area contributed by atoms with Gasteiger partial charge in [0.2, 0.25) is 0 Å². The Morgan fingerprint density at radius 3 is 2.80 bits per heavy atom. The lowest BCUT2D eigenvalue weighted by Gasteiger charge is -2.27. The van der Waals surface area contributed by atoms with Gasteiger partial charge in [0, 0.05) is 18.5 Å². The highest BCUT2D eigenvalue weighted by molar-refractivity contribution is 5.67. The van der Waals surface area contributed by atoms with Crippen LogP contribution in [0.4, 0.5) is 4.79 Å². The van der Waals surface area contributed by atoms with Gasteiger partial charge in [-0.25, -0.2) is 4.79 Å². The smallest absolute Gasteiger partial charge is 0.407 e. The molecule has 1 saturated carbocycles. The van der Waals surface area contributed by atoms with E-state index in [9.17, 15) is 4.79 Å². The average Bonchev–Trinajstić information content (AvgIpc) is 2.22. The third kappa shape index (κ3) is 3.38. The summed E-state index contributed by atoms with van der Waals surface area (Å²) in [6.07, 6.45) is 5.59. The SMILES string of the molecule is O=C(NC1CCC1)OCC1CCCNC1. The number of rotatable bonds is 3. The molecule has 0 aromatic carbocycles. The molecule has 4 heteroatoms. The third-order valence-electron chi connectivity index (χ3n) is 3.28. The maximum atomic E-state index is 11.3. The number of carbonyl (C=O) groups is 1. The van der Waals surface area contributed by atoms with E-state index in [-0.39, 0.29) is 6.09 Å². The summed E-state index contributed by atoms with van der Waals surface area (Å²) in [5.74, 6) is 0.505. The Morgan fingerprint density at radius 2 is 2.20 bits per heavy atom. The number of alkyl carbamates (subject to hydrolysis) is 1. The van der Waals surface area contributed by atoms with Crippen LogP contribution in [0, 0.1) is 5.92 Å². The van der Waals surface area contributed by atoms with Crippen LogP contribution < -0.4 is 10.6 Å². The molecule has 86 valence electrons. The number of ether oxygens (including phenoxy) is 1. The normalized spacial score (nSPS) is 26.8. The Kier molecular flexibility index (Phi) is 3.83. The lowest BCUT2D eigenvalue weighted by molar-refractivity contribution is 0.112. The van der Waals surface area contributed by atoms with Gasteiger partial charge in [-0.05, 0) is 38.6 Å². The molecule has 1 aliphatic heterocycles. The molecule has 1 amide bonds. The maximum absolute atomic E-state index is 11.3. The van der Waals surface area contributed by atoms with Gasteiger partial charge in [0.15, 0.2) is 0 Å². The van der Waals surface area contributed by atoms with Crippen LogP contribution in [0.1, 0.15) is 32.1 Å². The first-order chi connectivity index (χ1) is 7.34. The van der Waals surface area contributed by atoms with Gasteiger partial charge >= 0.3 is 6.09 Å². The summed E-state index contributed by atoms with van der Waals surface area (Å²) in [4.78, 5) is 11.3. The highest BCUT2D eigenvalue weighted by atomic mass is 16.5. The predicted octanol–water partition coefficient (Wildman–Crippen LogP) is 1.26. The van der Waals surface area contributed by atoms with E-state index < -0.39 is 0 Å². The fourth-order valence-corrected chi connectivity index (χ4v) is 2.02. The fraction of sp³-hybridized carbons (Fsp3) is 0.909. The van der Waals surface area contributed by atoms with Crippen molar-refractivity contribution in [2.75, 3.05) is 19.7 Å². The van der Waals surface area contributed by atoms with E-state index in [4.69, 9.17) is 4.74 Å². The van der Waals surface area contributed by atoms with Gasteiger partial charge in [-0.2, -0.15) is 0 Å². The lowest BCUT2D eigenvalue weighted by Crippen LogP contribution is -2.41. The molecule has 1 heterocycles. The van der Waals surface area contributed by atoms with Crippen molar-refractivity contribution in [3.8, 4) is 0 Å². The van der Waals surface area contributed by atoms with E-state index in [0.29, 0.717) is 18.6 Å². The van der Waals surface area contributed by atoms with Crippen molar-refractivity contribution in [2.24, 2.45) is 5.92 Å². The summed E-state index contributed by atoms with van der Waals surface area (Å²) in [7, 11) is 0. The molecule has 0 aromatic heterocycles. The van der Waals surface area contributed by atoms with Crippen LogP contribution in [-0.2, 0) is 4.74 Å². The summed E-state index contributed by atoms with van der Waals surface area (Å²) >= 11 is 0. The topological polar surface area (TPSA) is 50.4 Å². The number of amides is 1. The molecular formula is C11H20N2O2. The molecule has 1 aliphatic carbocycles. The summed E-state index contributed by atoms with van der Waals surface area (Å²) < 4.78 is 5.20. The Bertz CT molecular complexity index is 211. The van der Waals surface area contributed by atoms with Crippen molar-refractivity contribution >= 4 is 6.09 Å². The first-order valence-electron chi connectivity index (χ1n) is 5.98. The molecule has 2 N–H and O–H groups in total. The molecule has 0 aromatic rings. The molecule has 2 aliphatic rings. The van der Waals surface area contributed by atoms with Gasteiger partial charge in [0.05, 0.1) is 6.61 Å². The minimum atomic E-state index is -0.231. The van der Waals surface area contributed by atoms with Gasteiger partial charge in [-0.15, -0.1) is 0 Å². The van der Waals surface area contributed by atoms with Crippen molar-refractivity contribution in [3.05, 3.63) is 0 Å². The van der Waals surface area contributed by atoms with Crippen LogP contribution in [0.2, 0.25) is 0 Å². The largest absolute Gasteiger partial charge is 0.449 e. The summed E-state index contributed by atoms with van der Waals surface area (Å²) in [5.41, 5.74) is 0. The molecule has 1 atom stereocenters. The Balaban J connectivity index is 1.57. The van der Waals surface area contributed by atoms with E-state index in [1.165, 1.54) is 19.3 Å². The van der Waals surface area contributed by atoms with Crippen LogP contribution in [0.25, 0.3) is 0 Å². The van der Waals surface area contributed by atoms with E-state index in [1.54, 1.807) is 0 Å². The van der Waals surface area contributed by atoms with Crippen LogP contribution in [0.5, 0.6) is 0 Å². The van der Waals surface area contributed by atoms with E-state index >= 15 is 0 Å². The molecule has 2 rings (SSSR count). The highest BCUT2D eigenvalue weighted by Gasteiger charge is 2.21. The Morgan fingerprint density at radius 1 is 1.33 bits per heavy atom. The highest BCUT2D eigenvalue weighted by Crippen LogP contribution is 2.18. The molecule has 0 radical (unpaired) electrons. The fourth-order valence-electron chi connectivity index (χ4n) is 2.02. The van der Waals surface area contributed by atoms with E-state index in [1.807, 2.05) is 0 Å². The minimum absolute atomic E-state index is 0.231. The summed E-state index contributed by atoms with van der Waals surface area (Å²) in [6, 6.07) is 0.377. The second-order valence-electron chi connectivity index (χ2n) is 4.58. The van der Waals surface area contributed by atoms with Gasteiger partial charge < -0.3 is 15.4 Å². The number of piperidine rings is 1. The number of nitrogens with one attached hydrogen (secondary N) is 2. The lowest BCUT2D eigenvalue weighted by atomic mass is 9.93. The average molecular weight is 212 g/mol. The third-order valence-corrected chi connectivity index (χ3v) is 3.28. The van der Waals surface area contributed by atoms with Crippen molar-refractivity contribution in [3.63, 3.8) is 0 Å². The second-order valence-corrected chi connectivity index (χ2v) is 4.58. The zero-order chi connectivity index (χ0) is 10.5. The number of carbonyl (C=O) groups excluding carboxylic acids is 1. The van der Waals surface area contributed by atoms with Gasteiger partial charge in [0.25, 0.3) is 0 Å². The second kappa shape index (κ2) is 5.35. The molecule has 1 saturated heterocycles. The molecular weight excluding hydrogens is 192 g/mol. The standard InChI is InChI=1S/C11H20N2O2/c14-11(13-10-4-1-5-10)15-8-9-3-2-6-12-7-9/h9-10,12H,1-8H2,(H,13,14). The number of hydrogen-bond acceptors (Lipinski definition) is 3. The number of hydrogen-bond donors (Lipinski definition) is 2. The predicted molar refractivity (Wildman–Crippen MR) is 57.7 cm³/mol. The van der Waals surface area contributed by atoms with E-state index in [0.717, 1.165) is 25.9 Å². The summed E-state index contributed by atoms with van der Waals surface area (Å²) in [6.45, 7) is 2.65. The first kappa shape index (κ1) is 10.7. The molecule has 4 nitrogen and oxygen atoms in total. The zero-order valence-corrected chi connectivity index (χ0v) is 9.13. The quantitative estimate of drug-likeness (QED) is 0.740. The Hall–Kier alpha value is -0.770. The Labute approximate surface area is 90.8 Å². The van der Waals surface area contributed by atoms with Gasteiger partial charge in [0.1, 0.15) is 0 Å². The van der Waals surface area contributed by atoms with Crippen LogP contribution in [-0.4, -0.2) is 31.8 Å². The monoisotopic (exact) mass is 212 g/mol. The van der Waals surface area contributed by atoms with Gasteiger partial charge in [-0.3, -0.25) is 0 Å². The summed E-state index contributed by atoms with van der Waals surface area (Å²) in [5, 5.41) is 6.18. The van der Waals surface area contributed by atoms with E-state index in [2.05, 4.69) is 10.6 Å². The van der Waals surface area contributed by atoms with Crippen molar-refractivity contribution in [1.82, 2.24) is 10.6 Å².